The van der Waals surface area contributed by atoms with Gasteiger partial charge in [-0.3, -0.25) is 0 Å². The number of hydrogen-bond donors (Lipinski definition) is 1. The predicted octanol–water partition coefficient (Wildman–Crippen LogP) is 2.44. The molecule has 5 heteroatoms. The summed E-state index contributed by atoms with van der Waals surface area (Å²) in [5.74, 6) is 0.896. The van der Waals surface area contributed by atoms with E-state index in [1.165, 1.54) is 5.56 Å². The van der Waals surface area contributed by atoms with Gasteiger partial charge in [-0.1, -0.05) is 19.1 Å². The molecule has 19 heavy (non-hydrogen) atoms. The lowest BCUT2D eigenvalue weighted by atomic mass is 10.1. The number of aromatic nitrogens is 2. The van der Waals surface area contributed by atoms with E-state index < -0.39 is 0 Å². The summed E-state index contributed by atoms with van der Waals surface area (Å²) < 4.78 is 5.15. The van der Waals surface area contributed by atoms with Crippen LogP contribution in [0.15, 0.2) is 24.3 Å². The Kier molecular flexibility index (Phi) is 5.30. The van der Waals surface area contributed by atoms with Crippen LogP contribution in [0.25, 0.3) is 0 Å². The maximum absolute atomic E-state index is 5.15. The zero-order valence-corrected chi connectivity index (χ0v) is 12.2. The third kappa shape index (κ3) is 4.29. The fraction of sp³-hybridized carbons (Fsp3) is 0.429. The summed E-state index contributed by atoms with van der Waals surface area (Å²) in [5.41, 5.74) is 1.30. The van der Waals surface area contributed by atoms with Crippen LogP contribution in [0.1, 0.15) is 22.5 Å². The maximum Gasteiger partial charge on any atom is 0.131 e. The average molecular weight is 277 g/mol. The Labute approximate surface area is 117 Å². The normalized spacial score (nSPS) is 10.6. The van der Waals surface area contributed by atoms with Crippen molar-refractivity contribution in [1.29, 1.82) is 0 Å². The minimum Gasteiger partial charge on any atom is -0.497 e. The number of aryl methyl sites for hydroxylation is 2. The van der Waals surface area contributed by atoms with Gasteiger partial charge in [-0.25, -0.2) is 0 Å². The molecule has 0 bridgehead atoms. The molecule has 1 aromatic carbocycles. The van der Waals surface area contributed by atoms with Crippen molar-refractivity contribution in [2.75, 3.05) is 13.7 Å². The number of nitrogens with zero attached hydrogens (tertiary/aromatic N) is 2. The van der Waals surface area contributed by atoms with Crippen molar-refractivity contribution in [3.63, 3.8) is 0 Å². The van der Waals surface area contributed by atoms with Crippen molar-refractivity contribution in [2.45, 2.75) is 26.3 Å². The fourth-order valence-corrected chi connectivity index (χ4v) is 2.55. The van der Waals surface area contributed by atoms with Crippen molar-refractivity contribution in [3.8, 4) is 5.75 Å². The van der Waals surface area contributed by atoms with Gasteiger partial charge in [0.25, 0.3) is 0 Å². The van der Waals surface area contributed by atoms with E-state index in [1.54, 1.807) is 18.4 Å². The SMILES string of the molecule is CCNCc1nnc(CCc2ccc(OC)cc2)s1. The van der Waals surface area contributed by atoms with Crippen LogP contribution in [0, 0.1) is 0 Å². The smallest absolute Gasteiger partial charge is 0.131 e. The van der Waals surface area contributed by atoms with Crippen molar-refractivity contribution in [2.24, 2.45) is 0 Å². The number of benzene rings is 1. The first-order valence-corrected chi connectivity index (χ1v) is 7.28. The summed E-state index contributed by atoms with van der Waals surface area (Å²) in [7, 11) is 1.68. The number of nitrogens with one attached hydrogen (secondary N) is 1. The van der Waals surface area contributed by atoms with E-state index in [1.807, 2.05) is 12.1 Å². The zero-order valence-electron chi connectivity index (χ0n) is 11.3. The van der Waals surface area contributed by atoms with Gasteiger partial charge in [0.15, 0.2) is 0 Å². The van der Waals surface area contributed by atoms with Gasteiger partial charge in [-0.15, -0.1) is 21.5 Å². The second-order valence-electron chi connectivity index (χ2n) is 4.22. The van der Waals surface area contributed by atoms with E-state index in [0.717, 1.165) is 41.7 Å². The lowest BCUT2D eigenvalue weighted by Crippen LogP contribution is -2.11. The van der Waals surface area contributed by atoms with Gasteiger partial charge >= 0.3 is 0 Å². The standard InChI is InChI=1S/C14H19N3OS/c1-3-15-10-14-17-16-13(19-14)9-6-11-4-7-12(18-2)8-5-11/h4-5,7-8,15H,3,6,9-10H2,1-2H3. The second kappa shape index (κ2) is 7.21. The molecule has 4 nitrogen and oxygen atoms in total. The molecule has 2 aromatic rings. The van der Waals surface area contributed by atoms with Crippen molar-refractivity contribution < 1.29 is 4.74 Å². The lowest BCUT2D eigenvalue weighted by molar-refractivity contribution is 0.414. The minimum absolute atomic E-state index is 0.816. The summed E-state index contributed by atoms with van der Waals surface area (Å²) in [6.45, 7) is 3.86. The highest BCUT2D eigenvalue weighted by Gasteiger charge is 2.04. The van der Waals surface area contributed by atoms with Crippen molar-refractivity contribution >= 4 is 11.3 Å². The van der Waals surface area contributed by atoms with Gasteiger partial charge in [0.1, 0.15) is 15.8 Å². The quantitative estimate of drug-likeness (QED) is 0.844. The van der Waals surface area contributed by atoms with Crippen LogP contribution < -0.4 is 10.1 Å². The molecule has 0 atom stereocenters. The molecule has 0 fully saturated rings. The van der Waals surface area contributed by atoms with Crippen LogP contribution in [0.2, 0.25) is 0 Å². The monoisotopic (exact) mass is 277 g/mol. The molecule has 0 aliphatic rings. The molecule has 0 spiro atoms. The third-order valence-corrected chi connectivity index (χ3v) is 3.80. The second-order valence-corrected chi connectivity index (χ2v) is 5.36. The fourth-order valence-electron chi connectivity index (χ4n) is 1.74. The Morgan fingerprint density at radius 2 is 1.84 bits per heavy atom. The molecule has 0 saturated heterocycles. The van der Waals surface area contributed by atoms with E-state index in [4.69, 9.17) is 4.74 Å². The van der Waals surface area contributed by atoms with Gasteiger partial charge in [0.2, 0.25) is 0 Å². The minimum atomic E-state index is 0.816. The molecule has 0 amide bonds. The molecule has 1 N–H and O–H groups in total. The summed E-state index contributed by atoms with van der Waals surface area (Å²) in [4.78, 5) is 0. The van der Waals surface area contributed by atoms with E-state index in [0.29, 0.717) is 0 Å². The van der Waals surface area contributed by atoms with Gasteiger partial charge in [-0.2, -0.15) is 0 Å². The molecule has 2 rings (SSSR count). The maximum atomic E-state index is 5.15. The number of rotatable bonds is 7. The molecular weight excluding hydrogens is 258 g/mol. The van der Waals surface area contributed by atoms with E-state index in [9.17, 15) is 0 Å². The Bertz CT molecular complexity index is 496. The molecule has 0 saturated carbocycles. The van der Waals surface area contributed by atoms with E-state index in [2.05, 4.69) is 34.6 Å². The number of hydrogen-bond acceptors (Lipinski definition) is 5. The van der Waals surface area contributed by atoms with Gasteiger partial charge < -0.3 is 10.1 Å². The highest BCUT2D eigenvalue weighted by molar-refractivity contribution is 7.11. The first-order chi connectivity index (χ1) is 9.31. The van der Waals surface area contributed by atoms with E-state index >= 15 is 0 Å². The highest BCUT2D eigenvalue weighted by atomic mass is 32.1. The molecule has 0 radical (unpaired) electrons. The molecule has 1 aromatic heterocycles. The Morgan fingerprint density at radius 1 is 1.11 bits per heavy atom. The summed E-state index contributed by atoms with van der Waals surface area (Å²) in [5, 5.41) is 13.8. The van der Waals surface area contributed by atoms with Crippen molar-refractivity contribution in [3.05, 3.63) is 39.8 Å². The Balaban J connectivity index is 1.85. The molecule has 102 valence electrons. The Hall–Kier alpha value is -1.46. The van der Waals surface area contributed by atoms with Crippen LogP contribution >= 0.6 is 11.3 Å². The van der Waals surface area contributed by atoms with Crippen LogP contribution in [0.4, 0.5) is 0 Å². The topological polar surface area (TPSA) is 47.0 Å². The lowest BCUT2D eigenvalue weighted by Gasteiger charge is -2.01. The summed E-state index contributed by atoms with van der Waals surface area (Å²) in [6, 6.07) is 8.18. The Morgan fingerprint density at radius 3 is 2.53 bits per heavy atom. The van der Waals surface area contributed by atoms with Gasteiger partial charge in [0, 0.05) is 13.0 Å². The number of ether oxygens (including phenoxy) is 1. The van der Waals surface area contributed by atoms with Gasteiger partial charge in [-0.05, 0) is 30.7 Å². The van der Waals surface area contributed by atoms with Crippen LogP contribution in [0.3, 0.4) is 0 Å². The molecular formula is C14H19N3OS. The molecule has 1 heterocycles. The molecule has 0 aliphatic carbocycles. The zero-order chi connectivity index (χ0) is 13.5. The first kappa shape index (κ1) is 14.0. The summed E-state index contributed by atoms with van der Waals surface area (Å²) in [6.07, 6.45) is 1.93. The number of methoxy groups -OCH3 is 1. The molecule has 0 unspecified atom stereocenters. The largest absolute Gasteiger partial charge is 0.497 e. The average Bonchev–Trinajstić information content (AvgIpc) is 2.91. The molecule has 0 aliphatic heterocycles. The van der Waals surface area contributed by atoms with Gasteiger partial charge in [0.05, 0.1) is 7.11 Å². The van der Waals surface area contributed by atoms with Crippen LogP contribution in [-0.2, 0) is 19.4 Å². The predicted molar refractivity (Wildman–Crippen MR) is 77.7 cm³/mol. The summed E-state index contributed by atoms with van der Waals surface area (Å²) >= 11 is 1.69. The third-order valence-electron chi connectivity index (χ3n) is 2.82. The van der Waals surface area contributed by atoms with Crippen LogP contribution in [0.5, 0.6) is 5.75 Å². The first-order valence-electron chi connectivity index (χ1n) is 6.46. The van der Waals surface area contributed by atoms with Crippen LogP contribution in [-0.4, -0.2) is 23.9 Å². The highest BCUT2D eigenvalue weighted by Crippen LogP contribution is 2.15. The van der Waals surface area contributed by atoms with E-state index in [-0.39, 0.29) is 0 Å². The van der Waals surface area contributed by atoms with Crippen molar-refractivity contribution in [1.82, 2.24) is 15.5 Å².